The summed E-state index contributed by atoms with van der Waals surface area (Å²) in [4.78, 5) is 21.9. The van der Waals surface area contributed by atoms with Gasteiger partial charge >= 0.3 is 11.9 Å². The fourth-order valence-corrected chi connectivity index (χ4v) is 1.35. The van der Waals surface area contributed by atoms with Gasteiger partial charge in [0, 0.05) is 19.3 Å². The van der Waals surface area contributed by atoms with Crippen molar-refractivity contribution in [2.24, 2.45) is 5.92 Å². The third kappa shape index (κ3) is 9.67. The van der Waals surface area contributed by atoms with Crippen LogP contribution >= 0.6 is 0 Å². The van der Waals surface area contributed by atoms with Crippen molar-refractivity contribution in [3.05, 3.63) is 0 Å². The van der Waals surface area contributed by atoms with Crippen molar-refractivity contribution in [2.75, 3.05) is 19.8 Å². The summed E-state index contributed by atoms with van der Waals surface area (Å²) >= 11 is 0. The van der Waals surface area contributed by atoms with Crippen LogP contribution in [0.25, 0.3) is 0 Å². The van der Waals surface area contributed by atoms with E-state index in [0.29, 0.717) is 26.1 Å². The monoisotopic (exact) mass is 256 g/mol. The van der Waals surface area contributed by atoms with Gasteiger partial charge < -0.3 is 14.6 Å². The topological polar surface area (TPSA) is 72.8 Å². The molecule has 102 valence electrons. The minimum atomic E-state index is -0.896. The number of aliphatic carboxylic acids is 1. The summed E-state index contributed by atoms with van der Waals surface area (Å²) < 4.78 is 10.0. The lowest BCUT2D eigenvalue weighted by atomic mass is 9.99. The van der Waals surface area contributed by atoms with Crippen molar-refractivity contribution in [1.29, 1.82) is 0 Å². The van der Waals surface area contributed by atoms with Gasteiger partial charge in [-0.2, -0.15) is 0 Å². The zero-order valence-corrected chi connectivity index (χ0v) is 10.7. The summed E-state index contributed by atoms with van der Waals surface area (Å²) in [5, 5.41) is 8.64. The highest BCUT2D eigenvalue weighted by Gasteiger charge is 2.16. The second-order valence-electron chi connectivity index (χ2n) is 3.86. The molecule has 0 fully saturated rings. The van der Waals surface area contributed by atoms with E-state index in [2.05, 4.69) is 5.92 Å². The second-order valence-corrected chi connectivity index (χ2v) is 3.86. The maximum Gasteiger partial charge on any atom is 0.306 e. The standard InChI is InChI=1S/C13H20O5/c1-3-5-6-17-7-8-18-13(16)10-11(4-2)9-12(14)15/h1,11H,4-10H2,2H3,(H,14,15). The zero-order valence-electron chi connectivity index (χ0n) is 10.7. The molecule has 0 rings (SSSR count). The van der Waals surface area contributed by atoms with E-state index in [1.54, 1.807) is 0 Å². The Morgan fingerprint density at radius 1 is 1.28 bits per heavy atom. The first-order chi connectivity index (χ1) is 8.60. The van der Waals surface area contributed by atoms with E-state index in [4.69, 9.17) is 21.0 Å². The van der Waals surface area contributed by atoms with Gasteiger partial charge in [0.2, 0.25) is 0 Å². The van der Waals surface area contributed by atoms with Crippen LogP contribution in [0.5, 0.6) is 0 Å². The van der Waals surface area contributed by atoms with Crippen LogP contribution in [0, 0.1) is 18.3 Å². The van der Waals surface area contributed by atoms with Gasteiger partial charge in [-0.05, 0) is 5.92 Å². The van der Waals surface area contributed by atoms with Crippen LogP contribution in [-0.2, 0) is 19.1 Å². The molecule has 1 unspecified atom stereocenters. The molecule has 0 bridgehead atoms. The Bertz CT molecular complexity index is 292. The summed E-state index contributed by atoms with van der Waals surface area (Å²) in [6, 6.07) is 0. The molecule has 0 aromatic rings. The lowest BCUT2D eigenvalue weighted by Gasteiger charge is -2.11. The molecule has 0 aromatic heterocycles. The van der Waals surface area contributed by atoms with E-state index in [1.807, 2.05) is 6.92 Å². The lowest BCUT2D eigenvalue weighted by molar-refractivity contribution is -0.147. The number of carboxylic acids is 1. The number of hydrogen-bond donors (Lipinski definition) is 1. The molecule has 0 aliphatic heterocycles. The molecule has 18 heavy (non-hydrogen) atoms. The minimum absolute atomic E-state index is 0.00965. The van der Waals surface area contributed by atoms with E-state index < -0.39 is 5.97 Å². The van der Waals surface area contributed by atoms with E-state index >= 15 is 0 Å². The SMILES string of the molecule is C#CCCOCCOC(=O)CC(CC)CC(=O)O. The van der Waals surface area contributed by atoms with Gasteiger partial charge in [0.1, 0.15) is 6.61 Å². The van der Waals surface area contributed by atoms with Gasteiger partial charge in [0.15, 0.2) is 0 Å². The molecule has 0 saturated carbocycles. The van der Waals surface area contributed by atoms with Crippen LogP contribution < -0.4 is 0 Å². The molecule has 5 nitrogen and oxygen atoms in total. The molecule has 0 saturated heterocycles. The van der Waals surface area contributed by atoms with E-state index in [1.165, 1.54) is 0 Å². The predicted octanol–water partition coefficient (Wildman–Crippen LogP) is 1.46. The van der Waals surface area contributed by atoms with Crippen LogP contribution in [0.1, 0.15) is 32.6 Å². The molecule has 5 heteroatoms. The Balaban J connectivity index is 3.63. The number of hydrogen-bond acceptors (Lipinski definition) is 4. The summed E-state index contributed by atoms with van der Waals surface area (Å²) in [5.41, 5.74) is 0. The number of rotatable bonds is 10. The molecule has 0 aromatic carbocycles. The van der Waals surface area contributed by atoms with Gasteiger partial charge in [-0.1, -0.05) is 13.3 Å². The first kappa shape index (κ1) is 16.5. The van der Waals surface area contributed by atoms with Crippen molar-refractivity contribution in [3.63, 3.8) is 0 Å². The predicted molar refractivity (Wildman–Crippen MR) is 65.9 cm³/mol. The third-order valence-electron chi connectivity index (χ3n) is 2.38. The molecule has 0 aliphatic rings. The average molecular weight is 256 g/mol. The smallest absolute Gasteiger partial charge is 0.306 e. The number of esters is 1. The van der Waals surface area contributed by atoms with Crippen LogP contribution in [0.3, 0.4) is 0 Å². The Labute approximate surface area is 107 Å². The number of carbonyl (C=O) groups is 2. The number of ether oxygens (including phenoxy) is 2. The molecule has 0 radical (unpaired) electrons. The van der Waals surface area contributed by atoms with Gasteiger partial charge in [-0.3, -0.25) is 9.59 Å². The highest BCUT2D eigenvalue weighted by atomic mass is 16.6. The Hall–Kier alpha value is -1.54. The zero-order chi connectivity index (χ0) is 13.8. The number of carboxylic acid groups (broad SMARTS) is 1. The second kappa shape index (κ2) is 10.6. The van der Waals surface area contributed by atoms with Crippen LogP contribution in [0.2, 0.25) is 0 Å². The number of carbonyl (C=O) groups excluding carboxylic acids is 1. The van der Waals surface area contributed by atoms with E-state index in [-0.39, 0.29) is 31.3 Å². The number of terminal acetylenes is 1. The van der Waals surface area contributed by atoms with E-state index in [0.717, 1.165) is 0 Å². The van der Waals surface area contributed by atoms with Crippen molar-refractivity contribution in [1.82, 2.24) is 0 Å². The Morgan fingerprint density at radius 2 is 2.00 bits per heavy atom. The van der Waals surface area contributed by atoms with Gasteiger partial charge in [-0.15, -0.1) is 12.3 Å². The molecule has 1 atom stereocenters. The minimum Gasteiger partial charge on any atom is -0.481 e. The molecular weight excluding hydrogens is 236 g/mol. The van der Waals surface area contributed by atoms with Gasteiger partial charge in [-0.25, -0.2) is 0 Å². The highest BCUT2D eigenvalue weighted by molar-refractivity contribution is 5.72. The average Bonchev–Trinajstić information content (AvgIpc) is 2.32. The molecule has 0 aliphatic carbocycles. The normalized spacial score (nSPS) is 11.6. The summed E-state index contributed by atoms with van der Waals surface area (Å²) in [5.74, 6) is 0.980. The maximum absolute atomic E-state index is 11.4. The summed E-state index contributed by atoms with van der Waals surface area (Å²) in [6.45, 7) is 2.78. The van der Waals surface area contributed by atoms with Crippen LogP contribution in [-0.4, -0.2) is 36.9 Å². The fourth-order valence-electron chi connectivity index (χ4n) is 1.35. The molecule has 0 spiro atoms. The maximum atomic E-state index is 11.4. The van der Waals surface area contributed by atoms with Crippen LogP contribution in [0.15, 0.2) is 0 Å². The molecule has 0 amide bonds. The third-order valence-corrected chi connectivity index (χ3v) is 2.38. The Morgan fingerprint density at radius 3 is 2.56 bits per heavy atom. The Kier molecular flexibility index (Phi) is 9.70. The van der Waals surface area contributed by atoms with E-state index in [9.17, 15) is 9.59 Å². The van der Waals surface area contributed by atoms with Gasteiger partial charge in [0.05, 0.1) is 13.2 Å². The fraction of sp³-hybridized carbons (Fsp3) is 0.692. The first-order valence-electron chi connectivity index (χ1n) is 5.98. The summed E-state index contributed by atoms with van der Waals surface area (Å²) in [7, 11) is 0. The first-order valence-corrected chi connectivity index (χ1v) is 5.98. The molecule has 0 heterocycles. The van der Waals surface area contributed by atoms with Gasteiger partial charge in [0.25, 0.3) is 0 Å². The molecule has 1 N–H and O–H groups in total. The summed E-state index contributed by atoms with van der Waals surface area (Å²) in [6.07, 6.45) is 6.33. The van der Waals surface area contributed by atoms with Crippen molar-refractivity contribution in [2.45, 2.75) is 32.6 Å². The molecular formula is C13H20O5. The highest BCUT2D eigenvalue weighted by Crippen LogP contribution is 2.13. The van der Waals surface area contributed by atoms with Crippen LogP contribution in [0.4, 0.5) is 0 Å². The quantitative estimate of drug-likeness (QED) is 0.364. The van der Waals surface area contributed by atoms with Crippen molar-refractivity contribution < 1.29 is 24.2 Å². The van der Waals surface area contributed by atoms with Crippen molar-refractivity contribution >= 4 is 11.9 Å². The largest absolute Gasteiger partial charge is 0.481 e. The van der Waals surface area contributed by atoms with Crippen molar-refractivity contribution in [3.8, 4) is 12.3 Å². The lowest BCUT2D eigenvalue weighted by Crippen LogP contribution is -2.16.